The van der Waals surface area contributed by atoms with Crippen LogP contribution in [0.3, 0.4) is 0 Å². The molecule has 4 heterocycles. The van der Waals surface area contributed by atoms with Crippen LogP contribution in [0.2, 0.25) is 0 Å². The molecule has 3 aromatic rings. The van der Waals surface area contributed by atoms with Crippen molar-refractivity contribution in [3.8, 4) is 11.3 Å². The van der Waals surface area contributed by atoms with Crippen LogP contribution in [0.25, 0.3) is 11.3 Å². The molecule has 2 aliphatic heterocycles. The van der Waals surface area contributed by atoms with E-state index in [0.717, 1.165) is 73.6 Å². The molecule has 1 amide bonds. The summed E-state index contributed by atoms with van der Waals surface area (Å²) in [6.45, 7) is 7.44. The zero-order chi connectivity index (χ0) is 22.5. The maximum atomic E-state index is 13.3. The first-order valence-electron chi connectivity index (χ1n) is 11.7. The van der Waals surface area contributed by atoms with Gasteiger partial charge in [-0.2, -0.15) is 0 Å². The number of rotatable bonds is 8. The first-order chi connectivity index (χ1) is 16.3. The van der Waals surface area contributed by atoms with E-state index in [-0.39, 0.29) is 5.91 Å². The van der Waals surface area contributed by atoms with E-state index in [1.54, 1.807) is 11.3 Å². The second-order valence-electron chi connectivity index (χ2n) is 8.50. The highest BCUT2D eigenvalue weighted by molar-refractivity contribution is 7.14. The number of nitrogens with zero attached hydrogens (tertiary/aromatic N) is 4. The van der Waals surface area contributed by atoms with Crippen molar-refractivity contribution in [1.82, 2.24) is 9.88 Å². The average molecular weight is 483 g/mol. The van der Waals surface area contributed by atoms with Gasteiger partial charge in [0.25, 0.3) is 5.91 Å². The van der Waals surface area contributed by atoms with Gasteiger partial charge >= 0.3 is 0 Å². The van der Waals surface area contributed by atoms with Gasteiger partial charge in [0.05, 0.1) is 23.8 Å². The Morgan fingerprint density at radius 3 is 2.55 bits per heavy atom. The number of carbonyl (C=O) groups excluding carboxylic acids is 1. The van der Waals surface area contributed by atoms with Gasteiger partial charge < -0.3 is 9.64 Å². The number of carbonyl (C=O) groups is 1. The Hall–Kier alpha value is -2.26. The first kappa shape index (κ1) is 22.5. The van der Waals surface area contributed by atoms with E-state index in [1.165, 1.54) is 29.9 Å². The summed E-state index contributed by atoms with van der Waals surface area (Å²) in [7, 11) is 0. The molecule has 2 fully saturated rings. The molecule has 0 radical (unpaired) electrons. The predicted octanol–water partition coefficient (Wildman–Crippen LogP) is 4.84. The van der Waals surface area contributed by atoms with Gasteiger partial charge in [-0.25, -0.2) is 4.98 Å². The number of thiazole rings is 1. The topological polar surface area (TPSA) is 48.9 Å². The summed E-state index contributed by atoms with van der Waals surface area (Å²) in [5.41, 5.74) is 3.31. The Morgan fingerprint density at radius 2 is 1.82 bits per heavy atom. The Labute approximate surface area is 203 Å². The van der Waals surface area contributed by atoms with Crippen molar-refractivity contribution < 1.29 is 9.53 Å². The number of hydrogen-bond acceptors (Lipinski definition) is 7. The molecule has 8 heteroatoms. The molecule has 0 saturated carbocycles. The normalized spacial score (nSPS) is 16.9. The molecule has 0 aliphatic carbocycles. The third kappa shape index (κ3) is 5.46. The van der Waals surface area contributed by atoms with Crippen LogP contribution in [-0.4, -0.2) is 68.3 Å². The highest BCUT2D eigenvalue weighted by atomic mass is 32.1. The van der Waals surface area contributed by atoms with Gasteiger partial charge in [0.15, 0.2) is 5.13 Å². The number of ether oxygens (including phenoxy) is 1. The molecule has 2 saturated heterocycles. The fourth-order valence-corrected chi connectivity index (χ4v) is 5.96. The minimum Gasteiger partial charge on any atom is -0.379 e. The molecular formula is C25H30N4O2S2. The summed E-state index contributed by atoms with van der Waals surface area (Å²) < 4.78 is 5.45. The molecule has 6 nitrogen and oxygen atoms in total. The summed E-state index contributed by atoms with van der Waals surface area (Å²) in [6, 6.07) is 12.5. The number of morpholine rings is 1. The quantitative estimate of drug-likeness (QED) is 0.460. The molecule has 1 aromatic carbocycles. The number of aromatic nitrogens is 1. The average Bonchev–Trinajstić information content (AvgIpc) is 3.65. The van der Waals surface area contributed by atoms with Crippen LogP contribution < -0.4 is 9.80 Å². The molecular weight excluding hydrogens is 452 g/mol. The standard InChI is InChI=1S/C25H30N4O2S2/c30-24(23-5-3-18-32-23)29(13-4-10-27-14-16-31-17-15-27)25-26-22(19-33-25)20-6-8-21(9-7-20)28-11-1-2-12-28/h3,5-9,18-19H,1-2,4,10-17H2. The minimum absolute atomic E-state index is 0.0391. The number of amides is 1. The van der Waals surface area contributed by atoms with Crippen LogP contribution in [0.5, 0.6) is 0 Å². The smallest absolute Gasteiger partial charge is 0.270 e. The van der Waals surface area contributed by atoms with Crippen molar-refractivity contribution in [2.24, 2.45) is 0 Å². The molecule has 0 spiro atoms. The molecule has 0 N–H and O–H groups in total. The molecule has 0 atom stereocenters. The van der Waals surface area contributed by atoms with Gasteiger partial charge in [-0.15, -0.1) is 22.7 Å². The second-order valence-corrected chi connectivity index (χ2v) is 10.3. The zero-order valence-corrected chi connectivity index (χ0v) is 20.5. The van der Waals surface area contributed by atoms with E-state index in [1.807, 2.05) is 22.4 Å². The van der Waals surface area contributed by atoms with Crippen LogP contribution in [0.1, 0.15) is 28.9 Å². The van der Waals surface area contributed by atoms with Gasteiger partial charge in [0.1, 0.15) is 0 Å². The Bertz CT molecular complexity index is 1020. The van der Waals surface area contributed by atoms with Gasteiger partial charge in [0, 0.05) is 55.9 Å². The van der Waals surface area contributed by atoms with Crippen molar-refractivity contribution in [2.45, 2.75) is 19.3 Å². The van der Waals surface area contributed by atoms with E-state index in [4.69, 9.17) is 9.72 Å². The lowest BCUT2D eigenvalue weighted by molar-refractivity contribution is 0.0376. The number of anilines is 2. The molecule has 0 bridgehead atoms. The van der Waals surface area contributed by atoms with Gasteiger partial charge in [-0.1, -0.05) is 18.2 Å². The zero-order valence-electron chi connectivity index (χ0n) is 18.8. The number of benzene rings is 1. The summed E-state index contributed by atoms with van der Waals surface area (Å²) in [6.07, 6.45) is 3.46. The summed E-state index contributed by atoms with van der Waals surface area (Å²) in [5.74, 6) is 0.0391. The van der Waals surface area contributed by atoms with E-state index < -0.39 is 0 Å². The maximum Gasteiger partial charge on any atom is 0.270 e. The Kier molecular flexibility index (Phi) is 7.36. The number of hydrogen-bond donors (Lipinski definition) is 0. The molecule has 2 aromatic heterocycles. The molecule has 0 unspecified atom stereocenters. The van der Waals surface area contributed by atoms with Crippen LogP contribution in [0, 0.1) is 0 Å². The number of thiophene rings is 1. The molecule has 174 valence electrons. The molecule has 2 aliphatic rings. The third-order valence-corrected chi connectivity index (χ3v) is 8.02. The minimum atomic E-state index is 0.0391. The Balaban J connectivity index is 1.30. The monoisotopic (exact) mass is 482 g/mol. The highest BCUT2D eigenvalue weighted by Gasteiger charge is 2.22. The first-order valence-corrected chi connectivity index (χ1v) is 13.5. The van der Waals surface area contributed by atoms with Crippen molar-refractivity contribution in [2.75, 3.05) is 62.3 Å². The lowest BCUT2D eigenvalue weighted by Gasteiger charge is -2.27. The largest absolute Gasteiger partial charge is 0.379 e. The van der Waals surface area contributed by atoms with Crippen LogP contribution >= 0.6 is 22.7 Å². The molecule has 33 heavy (non-hydrogen) atoms. The van der Waals surface area contributed by atoms with E-state index >= 15 is 0 Å². The van der Waals surface area contributed by atoms with Crippen molar-refractivity contribution in [3.63, 3.8) is 0 Å². The van der Waals surface area contributed by atoms with Crippen LogP contribution in [0.15, 0.2) is 47.2 Å². The molecule has 5 rings (SSSR count). The van der Waals surface area contributed by atoms with E-state index in [0.29, 0.717) is 6.54 Å². The van der Waals surface area contributed by atoms with Crippen LogP contribution in [0.4, 0.5) is 10.8 Å². The Morgan fingerprint density at radius 1 is 1.03 bits per heavy atom. The summed E-state index contributed by atoms with van der Waals surface area (Å²) in [5, 5.41) is 4.79. The highest BCUT2D eigenvalue weighted by Crippen LogP contribution is 2.31. The van der Waals surface area contributed by atoms with E-state index in [2.05, 4.69) is 39.4 Å². The third-order valence-electron chi connectivity index (χ3n) is 6.29. The van der Waals surface area contributed by atoms with Gasteiger partial charge in [0.2, 0.25) is 0 Å². The SMILES string of the molecule is O=C(c1cccs1)N(CCCN1CCOCC1)c1nc(-c2ccc(N3CCCC3)cc2)cs1. The van der Waals surface area contributed by atoms with Crippen molar-refractivity contribution >= 4 is 39.4 Å². The summed E-state index contributed by atoms with van der Waals surface area (Å²) >= 11 is 3.03. The lowest BCUT2D eigenvalue weighted by atomic mass is 10.1. The fourth-order valence-electron chi connectivity index (χ4n) is 4.43. The predicted molar refractivity (Wildman–Crippen MR) is 137 cm³/mol. The fraction of sp³-hybridized carbons (Fsp3) is 0.440. The second kappa shape index (κ2) is 10.8. The van der Waals surface area contributed by atoms with Gasteiger partial charge in [-0.05, 0) is 42.8 Å². The van der Waals surface area contributed by atoms with Gasteiger partial charge in [-0.3, -0.25) is 14.6 Å². The van der Waals surface area contributed by atoms with Crippen molar-refractivity contribution in [3.05, 3.63) is 52.0 Å². The van der Waals surface area contributed by atoms with Crippen molar-refractivity contribution in [1.29, 1.82) is 0 Å². The summed E-state index contributed by atoms with van der Waals surface area (Å²) in [4.78, 5) is 25.6. The lowest BCUT2D eigenvalue weighted by Crippen LogP contribution is -2.39. The van der Waals surface area contributed by atoms with E-state index in [9.17, 15) is 4.79 Å². The maximum absolute atomic E-state index is 13.3. The van der Waals surface area contributed by atoms with Crippen LogP contribution in [-0.2, 0) is 4.74 Å².